The zero-order chi connectivity index (χ0) is 20.3. The molecule has 8 nitrogen and oxygen atoms in total. The van der Waals surface area contributed by atoms with Crippen LogP contribution in [-0.4, -0.2) is 44.4 Å². The van der Waals surface area contributed by atoms with Crippen LogP contribution in [-0.2, 0) is 0 Å². The molecule has 0 spiro atoms. The Labute approximate surface area is 169 Å². The highest BCUT2D eigenvalue weighted by molar-refractivity contribution is 5.94. The molecule has 2 amide bonds. The van der Waals surface area contributed by atoms with Crippen LogP contribution in [0.5, 0.6) is 0 Å². The number of amides is 2. The highest BCUT2D eigenvalue weighted by Gasteiger charge is 2.06. The molecule has 0 saturated carbocycles. The molecule has 150 valence electrons. The zero-order valence-corrected chi connectivity index (χ0v) is 16.1. The minimum absolute atomic E-state index is 0.0990. The van der Waals surface area contributed by atoms with Gasteiger partial charge in [-0.05, 0) is 37.1 Å². The summed E-state index contributed by atoms with van der Waals surface area (Å²) in [4.78, 5) is 36.2. The molecule has 0 aliphatic carbocycles. The van der Waals surface area contributed by atoms with E-state index in [0.29, 0.717) is 24.2 Å². The van der Waals surface area contributed by atoms with E-state index in [9.17, 15) is 9.59 Å². The Morgan fingerprint density at radius 1 is 0.828 bits per heavy atom. The molecule has 3 rings (SSSR count). The predicted octanol–water partition coefficient (Wildman–Crippen LogP) is 2.38. The second-order valence-electron chi connectivity index (χ2n) is 6.54. The molecule has 0 aliphatic heterocycles. The third kappa shape index (κ3) is 6.24. The van der Waals surface area contributed by atoms with Crippen molar-refractivity contribution in [1.82, 2.24) is 30.2 Å². The van der Waals surface area contributed by atoms with Crippen LogP contribution < -0.4 is 10.6 Å². The molecular formula is C21H24N6O2. The van der Waals surface area contributed by atoms with Gasteiger partial charge in [0, 0.05) is 44.1 Å². The molecule has 0 saturated heterocycles. The van der Waals surface area contributed by atoms with Gasteiger partial charge in [-0.3, -0.25) is 19.1 Å². The Balaban J connectivity index is 1.26. The fourth-order valence-electron chi connectivity index (χ4n) is 2.78. The van der Waals surface area contributed by atoms with E-state index in [1.165, 1.54) is 0 Å². The molecule has 0 bridgehead atoms. The first-order chi connectivity index (χ1) is 14.2. The van der Waals surface area contributed by atoms with E-state index < -0.39 is 0 Å². The molecule has 0 radical (unpaired) electrons. The Morgan fingerprint density at radius 2 is 1.55 bits per heavy atom. The first-order valence-electron chi connectivity index (χ1n) is 9.65. The topological polar surface area (TPSA) is 102 Å². The minimum atomic E-state index is -0.126. The third-order valence-corrected chi connectivity index (χ3v) is 4.38. The zero-order valence-electron chi connectivity index (χ0n) is 16.1. The SMILES string of the molecule is O=C(NCCCCCCNC(=O)c1ccc(-n2ccnc2)nc1)c1cccnc1. The highest BCUT2D eigenvalue weighted by Crippen LogP contribution is 2.06. The minimum Gasteiger partial charge on any atom is -0.352 e. The van der Waals surface area contributed by atoms with Gasteiger partial charge >= 0.3 is 0 Å². The van der Waals surface area contributed by atoms with Crippen molar-refractivity contribution in [2.24, 2.45) is 0 Å². The fraction of sp³-hybridized carbons (Fsp3) is 0.286. The standard InChI is InChI=1S/C21H24N6O2/c28-20(17-6-5-9-22-14-17)24-10-3-1-2-4-11-25-21(29)18-7-8-19(26-15-18)27-13-12-23-16-27/h5-9,12-16H,1-4,10-11H2,(H,24,28)(H,25,29). The maximum absolute atomic E-state index is 12.2. The number of nitrogens with zero attached hydrogens (tertiary/aromatic N) is 4. The van der Waals surface area contributed by atoms with Crippen molar-refractivity contribution < 1.29 is 9.59 Å². The van der Waals surface area contributed by atoms with Crippen molar-refractivity contribution in [1.29, 1.82) is 0 Å². The summed E-state index contributed by atoms with van der Waals surface area (Å²) >= 11 is 0. The molecule has 0 unspecified atom stereocenters. The lowest BCUT2D eigenvalue weighted by molar-refractivity contribution is 0.0943. The fourth-order valence-corrected chi connectivity index (χ4v) is 2.78. The van der Waals surface area contributed by atoms with E-state index >= 15 is 0 Å². The Hall–Kier alpha value is -3.55. The van der Waals surface area contributed by atoms with Gasteiger partial charge in [0.2, 0.25) is 0 Å². The lowest BCUT2D eigenvalue weighted by atomic mass is 10.2. The maximum Gasteiger partial charge on any atom is 0.252 e. The number of carbonyl (C=O) groups is 2. The van der Waals surface area contributed by atoms with Crippen molar-refractivity contribution in [2.75, 3.05) is 13.1 Å². The first-order valence-corrected chi connectivity index (χ1v) is 9.65. The van der Waals surface area contributed by atoms with E-state index in [4.69, 9.17) is 0 Å². The summed E-state index contributed by atoms with van der Waals surface area (Å²) < 4.78 is 1.78. The number of imidazole rings is 1. The molecule has 3 heterocycles. The second kappa shape index (κ2) is 10.7. The van der Waals surface area contributed by atoms with Gasteiger partial charge in [0.15, 0.2) is 0 Å². The molecule has 0 atom stereocenters. The van der Waals surface area contributed by atoms with Crippen LogP contribution in [0.3, 0.4) is 0 Å². The number of rotatable bonds is 10. The van der Waals surface area contributed by atoms with Crippen LogP contribution in [0.2, 0.25) is 0 Å². The summed E-state index contributed by atoms with van der Waals surface area (Å²) in [6.45, 7) is 1.25. The monoisotopic (exact) mass is 392 g/mol. The number of aromatic nitrogens is 4. The number of carbonyl (C=O) groups excluding carboxylic acids is 2. The molecule has 8 heteroatoms. The summed E-state index contributed by atoms with van der Waals surface area (Å²) in [5.41, 5.74) is 1.11. The van der Waals surface area contributed by atoms with Crippen LogP contribution in [0.4, 0.5) is 0 Å². The van der Waals surface area contributed by atoms with Crippen molar-refractivity contribution in [3.8, 4) is 5.82 Å². The maximum atomic E-state index is 12.2. The Kier molecular flexibility index (Phi) is 7.45. The van der Waals surface area contributed by atoms with Crippen molar-refractivity contribution in [2.45, 2.75) is 25.7 Å². The van der Waals surface area contributed by atoms with Crippen LogP contribution >= 0.6 is 0 Å². The van der Waals surface area contributed by atoms with E-state index in [0.717, 1.165) is 31.5 Å². The van der Waals surface area contributed by atoms with Gasteiger partial charge in [0.05, 0.1) is 11.1 Å². The Morgan fingerprint density at radius 3 is 2.10 bits per heavy atom. The van der Waals surface area contributed by atoms with Gasteiger partial charge in [-0.15, -0.1) is 0 Å². The molecule has 2 N–H and O–H groups in total. The van der Waals surface area contributed by atoms with Gasteiger partial charge in [0.25, 0.3) is 11.8 Å². The summed E-state index contributed by atoms with van der Waals surface area (Å²) in [5, 5.41) is 5.79. The van der Waals surface area contributed by atoms with Gasteiger partial charge in [-0.25, -0.2) is 9.97 Å². The molecule has 3 aromatic rings. The molecule has 0 fully saturated rings. The lowest BCUT2D eigenvalue weighted by Gasteiger charge is -2.07. The number of hydrogen-bond donors (Lipinski definition) is 2. The number of unbranched alkanes of at least 4 members (excludes halogenated alkanes) is 3. The van der Waals surface area contributed by atoms with Gasteiger partial charge in [-0.1, -0.05) is 12.8 Å². The average molecular weight is 392 g/mol. The smallest absolute Gasteiger partial charge is 0.252 e. The van der Waals surface area contributed by atoms with Gasteiger partial charge < -0.3 is 10.6 Å². The van der Waals surface area contributed by atoms with E-state index in [1.807, 2.05) is 0 Å². The second-order valence-corrected chi connectivity index (χ2v) is 6.54. The molecule has 29 heavy (non-hydrogen) atoms. The van der Waals surface area contributed by atoms with Crippen molar-refractivity contribution >= 4 is 11.8 Å². The summed E-state index contributed by atoms with van der Waals surface area (Å²) in [6.07, 6.45) is 13.7. The van der Waals surface area contributed by atoms with Crippen LogP contribution in [0, 0.1) is 0 Å². The van der Waals surface area contributed by atoms with Gasteiger partial charge in [0.1, 0.15) is 12.1 Å². The molecule has 3 aromatic heterocycles. The van der Waals surface area contributed by atoms with Gasteiger partial charge in [-0.2, -0.15) is 0 Å². The highest BCUT2D eigenvalue weighted by atomic mass is 16.2. The average Bonchev–Trinajstić information content (AvgIpc) is 3.31. The molecular weight excluding hydrogens is 368 g/mol. The Bertz CT molecular complexity index is 895. The predicted molar refractivity (Wildman–Crippen MR) is 109 cm³/mol. The van der Waals surface area contributed by atoms with E-state index in [1.54, 1.807) is 66.1 Å². The third-order valence-electron chi connectivity index (χ3n) is 4.38. The van der Waals surface area contributed by atoms with E-state index in [-0.39, 0.29) is 11.8 Å². The number of pyridine rings is 2. The summed E-state index contributed by atoms with van der Waals surface area (Å²) in [6, 6.07) is 7.03. The number of hydrogen-bond acceptors (Lipinski definition) is 5. The summed E-state index contributed by atoms with van der Waals surface area (Å²) in [7, 11) is 0. The van der Waals surface area contributed by atoms with Crippen LogP contribution in [0.25, 0.3) is 5.82 Å². The van der Waals surface area contributed by atoms with Crippen molar-refractivity contribution in [3.05, 3.63) is 72.7 Å². The van der Waals surface area contributed by atoms with Crippen molar-refractivity contribution in [3.63, 3.8) is 0 Å². The molecule has 0 aromatic carbocycles. The first kappa shape index (κ1) is 20.2. The normalized spacial score (nSPS) is 10.5. The van der Waals surface area contributed by atoms with E-state index in [2.05, 4.69) is 25.6 Å². The molecule has 0 aliphatic rings. The quantitative estimate of drug-likeness (QED) is 0.516. The van der Waals surface area contributed by atoms with Crippen LogP contribution in [0.1, 0.15) is 46.4 Å². The largest absolute Gasteiger partial charge is 0.352 e. The lowest BCUT2D eigenvalue weighted by Crippen LogP contribution is -2.25. The van der Waals surface area contributed by atoms with Crippen LogP contribution in [0.15, 0.2) is 61.6 Å². The summed E-state index contributed by atoms with van der Waals surface area (Å²) in [5.74, 6) is 0.492. The number of nitrogens with one attached hydrogen (secondary N) is 2.